The van der Waals surface area contributed by atoms with Gasteiger partial charge in [-0.2, -0.15) is 16.7 Å². The van der Waals surface area contributed by atoms with Crippen molar-refractivity contribution in [3.63, 3.8) is 0 Å². The van der Waals surface area contributed by atoms with Crippen molar-refractivity contribution in [2.75, 3.05) is 62.6 Å². The van der Waals surface area contributed by atoms with Gasteiger partial charge in [0.05, 0.1) is 21.3 Å². The minimum Gasteiger partial charge on any atom is 1.00 e. The Morgan fingerprint density at radius 2 is 0.610 bits per heavy atom. The van der Waals surface area contributed by atoms with Gasteiger partial charge in [0.15, 0.2) is 0 Å². The molecule has 590 valence electrons. The van der Waals surface area contributed by atoms with Gasteiger partial charge in [-0.1, -0.05) is 294 Å². The van der Waals surface area contributed by atoms with Crippen molar-refractivity contribution in [1.82, 2.24) is 9.80 Å². The molecule has 0 spiro atoms. The standard InChI is InChI=1S/C32H30O2Si.C19H19Si.2C18H16Si.C7H7BrO.C6H16N2.4ClH.2Li.2Zn/c1-33-27-19-15-25(16-20-27)31-29(23-11-7-5-8-12-23)30(24-13-9-6-10-14-24)32(35(31,3)4)26-17-21-28(34-2)22-18-26;1-15-19(17-12-8-5-9-13-17)18(14-20(15,2)3)16-10-6-4-7-11-16;1-19(2)13-17(15-9-5-3-6-10-15)18(14-19)16-11-7-4-8-12-16;1-19(2,15-13-17-9-5-3-6-10-17)16-14-18-11-7-4-8-12-18;1-9-7-4-2-6(8)3-5-7;1-7(2)5-6-8(3)4;;;;;;;;/h5-22H,1-4H3;4-13H,1-3H3;2*3-12H,1-2H3;2-5H,1H3;5-6H2,1-4H3;4*1H;;;;/q;-1;-2;;;;;;;;2*+1;2*+2/p-4. The molecule has 0 fully saturated rings. The Labute approximate surface area is 774 Å². The van der Waals surface area contributed by atoms with E-state index in [1.165, 1.54) is 93.5 Å². The molecule has 0 saturated heterocycles. The quantitative estimate of drug-likeness (QED) is 0.0616. The topological polar surface area (TPSA) is 34.2 Å². The molecule has 0 radical (unpaired) electrons. The van der Waals surface area contributed by atoms with E-state index in [1.807, 2.05) is 84.9 Å². The molecule has 3 aliphatic rings. The van der Waals surface area contributed by atoms with Crippen molar-refractivity contribution in [2.45, 2.75) is 59.3 Å². The Hall–Kier alpha value is -6.75. The van der Waals surface area contributed by atoms with Crippen LogP contribution < -0.4 is 51.9 Å². The predicted molar refractivity (Wildman–Crippen MR) is 509 cm³/mol. The van der Waals surface area contributed by atoms with Crippen LogP contribution in [0, 0.1) is 40.0 Å². The fourth-order valence-electron chi connectivity index (χ4n) is 13.0. The Balaban J connectivity index is 0.000000262. The first-order chi connectivity index (χ1) is 55.7. The molecule has 11 aromatic carbocycles. The third-order valence-electron chi connectivity index (χ3n) is 18.9. The molecule has 14 rings (SSSR count). The van der Waals surface area contributed by atoms with Crippen LogP contribution in [0.15, 0.2) is 325 Å². The molecule has 3 aliphatic heterocycles. The molecule has 0 aromatic heterocycles. The van der Waals surface area contributed by atoms with Gasteiger partial charge in [-0.3, -0.25) is 22.5 Å². The van der Waals surface area contributed by atoms with E-state index in [9.17, 15) is 0 Å². The Morgan fingerprint density at radius 1 is 0.356 bits per heavy atom. The van der Waals surface area contributed by atoms with Gasteiger partial charge in [0, 0.05) is 36.8 Å². The molecule has 118 heavy (non-hydrogen) atoms. The molecule has 0 unspecified atom stereocenters. The SMILES string of the molecule is CC1=C(c2ccccc2)C(c2ccccc2)=[C-][Si]1(C)C.CN(C)CCN(C)C.COc1ccc(Br)cc1.COc1ccc(C2=C(c3ccccc3)C(c3ccccc3)=C(c3ccc(OC)cc3)[Si]2(C)C)cc1.C[Si](C)(C#Cc1ccccc1)C#Cc1ccccc1.C[Si]1(C)[C-]=C(c2ccccc2)C(c2ccccc2)=[C-]1.[Cl][Zn][Cl].[Cl][Zn][Cl].[Li+].[Li+]. The van der Waals surface area contributed by atoms with Crippen molar-refractivity contribution in [3.8, 4) is 40.2 Å². The summed E-state index contributed by atoms with van der Waals surface area (Å²) in [5.74, 6) is 9.10. The minimum absolute atomic E-state index is 0. The number of hydrogen-bond donors (Lipinski definition) is 0. The maximum Gasteiger partial charge on any atom is 1.00 e. The average molecular weight is 1860 g/mol. The van der Waals surface area contributed by atoms with E-state index in [2.05, 4.69) is 384 Å². The Morgan fingerprint density at radius 3 is 0.890 bits per heavy atom. The zero-order valence-corrected chi connectivity index (χ0v) is 86.4. The van der Waals surface area contributed by atoms with Crippen LogP contribution in [-0.2, 0) is 30.3 Å². The summed E-state index contributed by atoms with van der Waals surface area (Å²) in [4.78, 5) is 4.36. The molecule has 5 nitrogen and oxygen atoms in total. The third-order valence-corrected chi connectivity index (χ3v) is 29.2. The molecule has 0 N–H and O–H groups in total. The fourth-order valence-corrected chi connectivity index (χ4v) is 21.9. The molecule has 18 heteroatoms. The molecular weight excluding hydrogens is 1760 g/mol. The minimum atomic E-state index is -2.15. The number of likely N-dealkylation sites (N-methyl/N-ethyl adjacent to an activating group) is 2. The predicted octanol–water partition coefficient (Wildman–Crippen LogP) is 20.9. The van der Waals surface area contributed by atoms with Gasteiger partial charge in [-0.15, -0.1) is 63.8 Å². The summed E-state index contributed by atoms with van der Waals surface area (Å²) in [6.07, 6.45) is 0. The van der Waals surface area contributed by atoms with Crippen LogP contribution >= 0.6 is 54.7 Å². The Kier molecular flexibility index (Phi) is 45.3. The first-order valence-corrected chi connectivity index (χ1v) is 66.9. The number of nitrogens with zero attached hydrogens (tertiary/aromatic N) is 2. The van der Waals surface area contributed by atoms with Gasteiger partial charge >= 0.3 is 107 Å². The number of methoxy groups -OCH3 is 3. The summed E-state index contributed by atoms with van der Waals surface area (Å²) in [5, 5.41) is 4.44. The third kappa shape index (κ3) is 32.2. The van der Waals surface area contributed by atoms with E-state index in [1.54, 1.807) is 21.3 Å². The second-order valence-corrected chi connectivity index (χ2v) is 56.0. The Bertz CT molecular complexity index is 4930. The number of rotatable bonds is 14. The number of allylic oxidation sites excluding steroid dienone is 7. The van der Waals surface area contributed by atoms with E-state index in [-0.39, 0.29) is 37.7 Å². The van der Waals surface area contributed by atoms with Crippen molar-refractivity contribution in [3.05, 3.63) is 398 Å². The van der Waals surface area contributed by atoms with E-state index in [4.69, 9.17) is 53.0 Å². The number of ether oxygens (including phenoxy) is 3. The van der Waals surface area contributed by atoms with E-state index in [0.29, 0.717) is 0 Å². The van der Waals surface area contributed by atoms with E-state index < -0.39 is 62.6 Å². The monoisotopic (exact) mass is 1850 g/mol. The van der Waals surface area contributed by atoms with Crippen molar-refractivity contribution < 1.29 is 82.2 Å². The van der Waals surface area contributed by atoms with Crippen LogP contribution in [0.25, 0.3) is 43.8 Å². The molecule has 3 heterocycles. The van der Waals surface area contributed by atoms with E-state index >= 15 is 0 Å². The number of hydrogen-bond acceptors (Lipinski definition) is 5. The molecule has 0 aliphatic carbocycles. The van der Waals surface area contributed by atoms with Crippen LogP contribution in [0.2, 0.25) is 52.4 Å². The number of halogens is 5. The summed E-state index contributed by atoms with van der Waals surface area (Å²) in [6.45, 7) is 23.2. The van der Waals surface area contributed by atoms with E-state index in [0.717, 1.165) is 45.9 Å². The van der Waals surface area contributed by atoms with Crippen LogP contribution in [0.4, 0.5) is 0 Å². The molecule has 0 atom stereocenters. The van der Waals surface area contributed by atoms with Crippen molar-refractivity contribution in [1.29, 1.82) is 0 Å². The van der Waals surface area contributed by atoms with Crippen LogP contribution in [0.5, 0.6) is 17.2 Å². The van der Waals surface area contributed by atoms with Gasteiger partial charge in [0.1, 0.15) is 25.3 Å². The molecular formula is C100H104BrCl4Li2N2O3Si4Zn2-. The zero-order chi connectivity index (χ0) is 84.1. The maximum absolute atomic E-state index is 5.47. The second-order valence-electron chi connectivity index (χ2n) is 29.9. The zero-order valence-electron chi connectivity index (χ0n) is 71.9. The van der Waals surface area contributed by atoms with Gasteiger partial charge in [0.25, 0.3) is 0 Å². The maximum atomic E-state index is 5.47. The van der Waals surface area contributed by atoms with Crippen molar-refractivity contribution in [2.24, 2.45) is 0 Å². The molecule has 11 aromatic rings. The average Bonchev–Trinajstić information content (AvgIpc) is 1.56. The molecule has 0 bridgehead atoms. The summed E-state index contributed by atoms with van der Waals surface area (Å²) in [5.41, 5.74) is 38.0. The van der Waals surface area contributed by atoms with Gasteiger partial charge in [-0.05, 0) is 158 Å². The fraction of sp³-hybridized carbons (Fsp3) is 0.180. The van der Waals surface area contributed by atoms with Gasteiger partial charge in [-0.25, -0.2) is 5.70 Å². The summed E-state index contributed by atoms with van der Waals surface area (Å²) < 4.78 is 17.0. The normalized spacial score (nSPS) is 13.3. The second kappa shape index (κ2) is 52.5. The first kappa shape index (κ1) is 102. The van der Waals surface area contributed by atoms with Crippen LogP contribution in [0.1, 0.15) is 62.6 Å². The van der Waals surface area contributed by atoms with Crippen LogP contribution in [0.3, 0.4) is 0 Å². The largest absolute Gasteiger partial charge is 1.00 e. The smallest absolute Gasteiger partial charge is 1.00 e. The summed E-state index contributed by atoms with van der Waals surface area (Å²) >= 11 is 1.46. The van der Waals surface area contributed by atoms with Crippen LogP contribution in [-0.4, -0.2) is 105 Å². The number of benzene rings is 11. The van der Waals surface area contributed by atoms with Gasteiger partial charge < -0.3 is 24.0 Å². The first-order valence-electron chi connectivity index (χ1n) is 38.5. The van der Waals surface area contributed by atoms with Crippen molar-refractivity contribution >= 4 is 131 Å². The molecule has 0 saturated carbocycles. The molecule has 0 amide bonds. The summed E-state index contributed by atoms with van der Waals surface area (Å²) in [6, 6.07) is 109. The van der Waals surface area contributed by atoms with Gasteiger partial charge in [0.2, 0.25) is 8.07 Å². The summed E-state index contributed by atoms with van der Waals surface area (Å²) in [7, 11) is 26.2.